The van der Waals surface area contributed by atoms with Crippen LogP contribution in [0.1, 0.15) is 13.8 Å². The Morgan fingerprint density at radius 2 is 1.94 bits per heavy atom. The molecule has 1 aromatic rings. The number of sulfonamides is 1. The van der Waals surface area contributed by atoms with Gasteiger partial charge in [-0.2, -0.15) is 4.31 Å². The molecule has 2 rings (SSSR count). The van der Waals surface area contributed by atoms with Gasteiger partial charge < -0.3 is 9.73 Å². The number of piperazine rings is 1. The van der Waals surface area contributed by atoms with E-state index in [2.05, 4.69) is 5.32 Å². The SMILES string of the molecule is CC1CN(S(=O)(=O)c2ccco2)CC(C)N1.Cl. The summed E-state index contributed by atoms with van der Waals surface area (Å²) in [6, 6.07) is 3.39. The molecule has 0 aromatic carbocycles. The van der Waals surface area contributed by atoms with E-state index < -0.39 is 10.0 Å². The van der Waals surface area contributed by atoms with Crippen molar-refractivity contribution in [1.29, 1.82) is 0 Å². The quantitative estimate of drug-likeness (QED) is 0.880. The van der Waals surface area contributed by atoms with Crippen LogP contribution in [-0.2, 0) is 10.0 Å². The van der Waals surface area contributed by atoms with Crippen LogP contribution in [0.3, 0.4) is 0 Å². The largest absolute Gasteiger partial charge is 0.452 e. The van der Waals surface area contributed by atoms with Gasteiger partial charge in [0.1, 0.15) is 0 Å². The molecular formula is C10H17ClN2O3S. The Morgan fingerprint density at radius 3 is 2.41 bits per heavy atom. The summed E-state index contributed by atoms with van der Waals surface area (Å²) in [5.74, 6) is 0. The summed E-state index contributed by atoms with van der Waals surface area (Å²) in [5, 5.41) is 3.31. The molecule has 0 spiro atoms. The van der Waals surface area contributed by atoms with Crippen molar-refractivity contribution in [1.82, 2.24) is 9.62 Å². The number of halogens is 1. The van der Waals surface area contributed by atoms with Crippen LogP contribution in [0.5, 0.6) is 0 Å². The van der Waals surface area contributed by atoms with Crippen LogP contribution < -0.4 is 5.32 Å². The van der Waals surface area contributed by atoms with Crippen molar-refractivity contribution >= 4 is 22.4 Å². The van der Waals surface area contributed by atoms with Crippen LogP contribution in [0, 0.1) is 0 Å². The summed E-state index contributed by atoms with van der Waals surface area (Å²) < 4.78 is 30.7. The highest BCUT2D eigenvalue weighted by atomic mass is 35.5. The fraction of sp³-hybridized carbons (Fsp3) is 0.600. The normalized spacial score (nSPS) is 26.5. The maximum Gasteiger partial charge on any atom is 0.276 e. The van der Waals surface area contributed by atoms with E-state index in [9.17, 15) is 8.42 Å². The molecule has 98 valence electrons. The lowest BCUT2D eigenvalue weighted by atomic mass is 10.2. The van der Waals surface area contributed by atoms with Crippen molar-refractivity contribution in [3.63, 3.8) is 0 Å². The molecule has 17 heavy (non-hydrogen) atoms. The van der Waals surface area contributed by atoms with Crippen LogP contribution in [0.2, 0.25) is 0 Å². The van der Waals surface area contributed by atoms with E-state index in [1.165, 1.54) is 16.6 Å². The number of hydrogen-bond donors (Lipinski definition) is 1. The first-order chi connectivity index (χ1) is 7.50. The Balaban J connectivity index is 0.00000144. The fourth-order valence-corrected chi connectivity index (χ4v) is 3.53. The van der Waals surface area contributed by atoms with Gasteiger partial charge >= 0.3 is 0 Å². The molecule has 5 nitrogen and oxygen atoms in total. The lowest BCUT2D eigenvalue weighted by Crippen LogP contribution is -2.55. The van der Waals surface area contributed by atoms with Crippen molar-refractivity contribution in [3.05, 3.63) is 18.4 Å². The maximum atomic E-state index is 12.1. The molecular weight excluding hydrogens is 264 g/mol. The Morgan fingerprint density at radius 1 is 1.35 bits per heavy atom. The number of nitrogens with zero attached hydrogens (tertiary/aromatic N) is 1. The molecule has 2 heterocycles. The molecule has 1 fully saturated rings. The lowest BCUT2D eigenvalue weighted by molar-refractivity contribution is 0.258. The van der Waals surface area contributed by atoms with E-state index in [1.807, 2.05) is 13.8 Å². The van der Waals surface area contributed by atoms with Gasteiger partial charge in [-0.3, -0.25) is 0 Å². The summed E-state index contributed by atoms with van der Waals surface area (Å²) in [7, 11) is -3.46. The first-order valence-corrected chi connectivity index (χ1v) is 6.74. The average molecular weight is 281 g/mol. The summed E-state index contributed by atoms with van der Waals surface area (Å²) >= 11 is 0. The smallest absolute Gasteiger partial charge is 0.276 e. The van der Waals surface area contributed by atoms with Gasteiger partial charge in [-0.25, -0.2) is 8.42 Å². The zero-order valence-corrected chi connectivity index (χ0v) is 11.4. The zero-order chi connectivity index (χ0) is 11.8. The minimum absolute atomic E-state index is 0. The molecule has 1 aliphatic heterocycles. The van der Waals surface area contributed by atoms with Crippen LogP contribution >= 0.6 is 12.4 Å². The molecule has 0 radical (unpaired) electrons. The molecule has 0 amide bonds. The van der Waals surface area contributed by atoms with Gasteiger partial charge in [0, 0.05) is 25.2 Å². The van der Waals surface area contributed by atoms with Gasteiger partial charge in [0.2, 0.25) is 5.09 Å². The van der Waals surface area contributed by atoms with Crippen LogP contribution in [0.4, 0.5) is 0 Å². The van der Waals surface area contributed by atoms with E-state index in [1.54, 1.807) is 6.07 Å². The average Bonchev–Trinajstić information content (AvgIpc) is 2.69. The summed E-state index contributed by atoms with van der Waals surface area (Å²) in [4.78, 5) is 0. The van der Waals surface area contributed by atoms with Gasteiger partial charge in [-0.15, -0.1) is 12.4 Å². The molecule has 1 aliphatic rings. The topological polar surface area (TPSA) is 62.6 Å². The molecule has 1 aromatic heterocycles. The first-order valence-electron chi connectivity index (χ1n) is 5.30. The highest BCUT2D eigenvalue weighted by molar-refractivity contribution is 7.89. The van der Waals surface area contributed by atoms with E-state index in [-0.39, 0.29) is 29.6 Å². The van der Waals surface area contributed by atoms with Crippen molar-refractivity contribution in [2.75, 3.05) is 13.1 Å². The molecule has 1 saturated heterocycles. The Hall–Kier alpha value is -0.560. The van der Waals surface area contributed by atoms with Gasteiger partial charge in [0.05, 0.1) is 6.26 Å². The Bertz CT molecular complexity index is 436. The summed E-state index contributed by atoms with van der Waals surface area (Å²) in [6.07, 6.45) is 1.38. The molecule has 2 atom stereocenters. The molecule has 2 unspecified atom stereocenters. The van der Waals surface area contributed by atoms with Crippen LogP contribution in [0.25, 0.3) is 0 Å². The third-order valence-electron chi connectivity index (χ3n) is 2.61. The molecule has 0 aliphatic carbocycles. The van der Waals surface area contributed by atoms with Crippen molar-refractivity contribution < 1.29 is 12.8 Å². The van der Waals surface area contributed by atoms with Gasteiger partial charge in [-0.1, -0.05) is 0 Å². The van der Waals surface area contributed by atoms with E-state index in [0.717, 1.165) is 0 Å². The zero-order valence-electron chi connectivity index (χ0n) is 9.79. The molecule has 7 heteroatoms. The second-order valence-corrected chi connectivity index (χ2v) is 6.09. The second-order valence-electron chi connectivity index (χ2n) is 4.22. The van der Waals surface area contributed by atoms with Crippen molar-refractivity contribution in [2.24, 2.45) is 0 Å². The third kappa shape index (κ3) is 3.01. The van der Waals surface area contributed by atoms with E-state index in [0.29, 0.717) is 13.1 Å². The third-order valence-corrected chi connectivity index (χ3v) is 4.33. The standard InChI is InChI=1S/C10H16N2O3S.ClH/c1-8-6-12(7-9(2)11-8)16(13,14)10-4-3-5-15-10;/h3-5,8-9,11H,6-7H2,1-2H3;1H. The molecule has 0 bridgehead atoms. The number of rotatable bonds is 2. The van der Waals surface area contributed by atoms with E-state index in [4.69, 9.17) is 4.42 Å². The fourth-order valence-electron chi connectivity index (χ4n) is 2.01. The summed E-state index contributed by atoms with van der Waals surface area (Å²) in [6.45, 7) is 4.90. The first kappa shape index (κ1) is 14.5. The number of hydrogen-bond acceptors (Lipinski definition) is 4. The highest BCUT2D eigenvalue weighted by Gasteiger charge is 2.32. The van der Waals surface area contributed by atoms with Crippen LogP contribution in [0.15, 0.2) is 27.9 Å². The Labute approximate surface area is 108 Å². The maximum absolute atomic E-state index is 12.1. The minimum Gasteiger partial charge on any atom is -0.452 e. The number of furan rings is 1. The molecule has 0 saturated carbocycles. The predicted molar refractivity (Wildman–Crippen MR) is 66.8 cm³/mol. The highest BCUT2D eigenvalue weighted by Crippen LogP contribution is 2.18. The van der Waals surface area contributed by atoms with Gasteiger partial charge in [0.15, 0.2) is 0 Å². The van der Waals surface area contributed by atoms with E-state index >= 15 is 0 Å². The van der Waals surface area contributed by atoms with Gasteiger partial charge in [0.25, 0.3) is 10.0 Å². The van der Waals surface area contributed by atoms with Crippen molar-refractivity contribution in [2.45, 2.75) is 31.0 Å². The monoisotopic (exact) mass is 280 g/mol. The lowest BCUT2D eigenvalue weighted by Gasteiger charge is -2.34. The minimum atomic E-state index is -3.46. The Kier molecular flexibility index (Phi) is 4.60. The molecule has 1 N–H and O–H groups in total. The van der Waals surface area contributed by atoms with Gasteiger partial charge in [-0.05, 0) is 26.0 Å². The number of nitrogens with one attached hydrogen (secondary N) is 1. The second kappa shape index (κ2) is 5.39. The van der Waals surface area contributed by atoms with Crippen molar-refractivity contribution in [3.8, 4) is 0 Å². The van der Waals surface area contributed by atoms with Crippen LogP contribution in [-0.4, -0.2) is 37.9 Å². The predicted octanol–water partition coefficient (Wildman–Crippen LogP) is 1.07. The summed E-state index contributed by atoms with van der Waals surface area (Å²) in [5.41, 5.74) is 0.